The number of imidazole rings is 1. The second kappa shape index (κ2) is 17.1. The molecule has 3 unspecified atom stereocenters. The number of ether oxygens (including phenoxy) is 2. The van der Waals surface area contributed by atoms with Gasteiger partial charge in [-0.15, -0.1) is 0 Å². The highest BCUT2D eigenvalue weighted by molar-refractivity contribution is 8.07. The molecule has 3 aliphatic heterocycles. The normalized spacial score (nSPS) is 32.0. The Morgan fingerprint density at radius 3 is 2.23 bits per heavy atom. The van der Waals surface area contributed by atoms with Crippen LogP contribution < -0.4 is 11.3 Å². The molecule has 7 heterocycles. The molecule has 21 nitrogen and oxygen atoms in total. The van der Waals surface area contributed by atoms with Crippen molar-refractivity contribution in [3.8, 4) is 0 Å². The number of aromatic amines is 1. The Balaban J connectivity index is 1.32. The van der Waals surface area contributed by atoms with Gasteiger partial charge >= 0.3 is 31.7 Å². The van der Waals surface area contributed by atoms with Crippen LogP contribution in [0.3, 0.4) is 0 Å². The highest BCUT2D eigenvalue weighted by Gasteiger charge is 2.61. The quantitative estimate of drug-likeness (QED) is 0.108. The third kappa shape index (κ3) is 8.60. The topological polar surface area (TPSA) is 272 Å². The zero-order valence-corrected chi connectivity index (χ0v) is 39.0. The number of nitrogen functional groups attached to an aromatic ring is 1. The van der Waals surface area contributed by atoms with Crippen molar-refractivity contribution in [2.24, 2.45) is 0 Å². The summed E-state index contributed by atoms with van der Waals surface area (Å²) in [4.78, 5) is 66.7. The predicted molar refractivity (Wildman–Crippen MR) is 221 cm³/mol. The molecule has 4 aromatic heterocycles. The number of nitrogens with zero attached hydrogens (tertiary/aromatic N) is 6. The van der Waals surface area contributed by atoms with Crippen molar-refractivity contribution in [2.45, 2.75) is 127 Å². The van der Waals surface area contributed by atoms with Gasteiger partial charge in [0.05, 0.1) is 25.9 Å². The van der Waals surface area contributed by atoms with E-state index in [2.05, 4.69) is 24.9 Å². The first-order valence-corrected chi connectivity index (χ1v) is 27.6. The zero-order chi connectivity index (χ0) is 44.6. The summed E-state index contributed by atoms with van der Waals surface area (Å²) in [6.45, 7) is 8.78. The van der Waals surface area contributed by atoms with E-state index in [1.165, 1.54) is 10.9 Å². The van der Waals surface area contributed by atoms with E-state index in [0.717, 1.165) is 23.4 Å². The number of phosphoric acid groups is 1. The minimum Gasteiger partial charge on any atom is -0.414 e. The largest absolute Gasteiger partial charge is 0.472 e. The van der Waals surface area contributed by atoms with Crippen LogP contribution in [0.1, 0.15) is 67.8 Å². The first-order valence-electron chi connectivity index (χ1n) is 19.5. The lowest BCUT2D eigenvalue weighted by Crippen LogP contribution is -2.62. The minimum atomic E-state index is -5.27. The molecule has 7 rings (SSSR count). The average molecular weight is 955 g/mol. The van der Waals surface area contributed by atoms with Crippen molar-refractivity contribution in [1.82, 2.24) is 34.1 Å². The van der Waals surface area contributed by atoms with E-state index in [0.29, 0.717) is 0 Å². The fourth-order valence-corrected chi connectivity index (χ4v) is 20.4. The van der Waals surface area contributed by atoms with Crippen LogP contribution in [0.15, 0.2) is 30.0 Å². The van der Waals surface area contributed by atoms with E-state index in [1.807, 2.05) is 55.4 Å². The molecule has 4 aromatic rings. The lowest BCUT2D eigenvalue weighted by atomic mass is 10.1. The lowest BCUT2D eigenvalue weighted by Gasteiger charge is -2.47. The molecule has 3 saturated heterocycles. The van der Waals surface area contributed by atoms with Gasteiger partial charge in [0.25, 0.3) is 5.56 Å². The van der Waals surface area contributed by atoms with Gasteiger partial charge in [0, 0.05) is 6.20 Å². The number of halogens is 2. The molecule has 6 N–H and O–H groups in total. The maximum atomic E-state index is 16.5. The standard InChI is InChI=1S/C33H50F2N8O13P2SSi2/c1-15(2)60(48,16(3)4)56-61(17(5)6,18(7)8)55-26-21-10-49-57(45,46)53-25-20(51-32(23(25)35)43-14-41-24-28(36)37-12-39-30(24)43)11-50-58(47,59)54-27(26)33(52-21)42-9-19(34)22-29(42)38-13-40-31(22)44/h9,12-18,20-21,23,25-27,32-33,48H,10-11H2,1-8H3,(H,45,46)(H,47,59)(H2,36,37,39)(H,38,40,44)/t20-,21-,23-,25-,26-,27-,32?,33-,58?/m1/s1. The van der Waals surface area contributed by atoms with Gasteiger partial charge in [0.1, 0.15) is 47.8 Å². The molecule has 0 aromatic carbocycles. The van der Waals surface area contributed by atoms with Crippen LogP contribution in [-0.4, -0.2) is 116 Å². The number of anilines is 1. The number of nitrogens with one attached hydrogen (secondary N) is 1. The summed E-state index contributed by atoms with van der Waals surface area (Å²) in [6, 6.07) is 0. The van der Waals surface area contributed by atoms with Crippen LogP contribution in [0.5, 0.6) is 0 Å². The average Bonchev–Trinajstić information content (AvgIpc) is 3.92. The molecule has 61 heavy (non-hydrogen) atoms. The Morgan fingerprint density at radius 2 is 1.57 bits per heavy atom. The van der Waals surface area contributed by atoms with Crippen LogP contribution in [0.4, 0.5) is 14.6 Å². The highest BCUT2D eigenvalue weighted by atomic mass is 32.5. The second-order valence-corrected chi connectivity index (χ2v) is 29.2. The first-order chi connectivity index (χ1) is 28.5. The van der Waals surface area contributed by atoms with Crippen LogP contribution in [0.25, 0.3) is 22.2 Å². The monoisotopic (exact) mass is 954 g/mol. The number of nitrogens with two attached hydrogens (primary N) is 1. The van der Waals surface area contributed by atoms with E-state index in [9.17, 15) is 23.9 Å². The third-order valence-electron chi connectivity index (χ3n) is 11.3. The number of aromatic nitrogens is 7. The molecule has 2 bridgehead atoms. The molecule has 0 spiro atoms. The van der Waals surface area contributed by atoms with Crippen LogP contribution in [0.2, 0.25) is 22.2 Å². The number of H-pyrrole nitrogens is 1. The zero-order valence-electron chi connectivity index (χ0n) is 34.4. The summed E-state index contributed by atoms with van der Waals surface area (Å²) < 4.78 is 97.8. The number of fused-ring (bicyclic) bond motifs is 5. The minimum absolute atomic E-state index is 0.00667. The van der Waals surface area contributed by atoms with Crippen LogP contribution in [0, 0.1) is 5.82 Å². The molecule has 3 fully saturated rings. The molecule has 0 aliphatic carbocycles. The summed E-state index contributed by atoms with van der Waals surface area (Å²) in [5, 5.41) is -0.426. The van der Waals surface area contributed by atoms with Gasteiger partial charge in [-0.25, -0.2) is 33.3 Å². The second-order valence-electron chi connectivity index (χ2n) is 16.4. The van der Waals surface area contributed by atoms with Crippen LogP contribution >= 0.6 is 14.5 Å². The van der Waals surface area contributed by atoms with E-state index in [1.54, 1.807) is 0 Å². The lowest BCUT2D eigenvalue weighted by molar-refractivity contribution is -0.0635. The summed E-state index contributed by atoms with van der Waals surface area (Å²) in [6.07, 6.45) is -8.82. The van der Waals surface area contributed by atoms with Crippen molar-refractivity contribution in [3.63, 3.8) is 0 Å². The Bertz CT molecular complexity index is 2400. The van der Waals surface area contributed by atoms with Crippen molar-refractivity contribution in [2.75, 3.05) is 18.9 Å². The SMILES string of the molecule is CC(C)[Si](O)(O[Si](O[C@H]1[C@H]2OP(O)(=S)OC[C@H]3OC(n4cnc5c(N)ncnc54)[C@H](F)[C@@H]3OP(=O)(O)OC[C@H]1O[C@H]2n1cc(F)c2c(=O)[nH]cnc21)(C(C)C)C(C)C)C(C)C. The van der Waals surface area contributed by atoms with Crippen molar-refractivity contribution in [1.29, 1.82) is 0 Å². The predicted octanol–water partition coefficient (Wildman–Crippen LogP) is 4.47. The number of rotatable bonds is 10. The molecule has 338 valence electrons. The van der Waals surface area contributed by atoms with Gasteiger partial charge in [-0.1, -0.05) is 55.4 Å². The summed E-state index contributed by atoms with van der Waals surface area (Å²) >= 11 is 5.55. The maximum Gasteiger partial charge on any atom is 0.472 e. The van der Waals surface area contributed by atoms with E-state index >= 15 is 8.78 Å². The number of hydrogen-bond donors (Lipinski definition) is 5. The Hall–Kier alpha value is -2.50. The number of hydrogen-bond acceptors (Lipinski definition) is 17. The number of alkyl halides is 1. The van der Waals surface area contributed by atoms with Crippen molar-refractivity contribution in [3.05, 3.63) is 41.3 Å². The third-order valence-corrected chi connectivity index (χ3v) is 23.6. The molecule has 3 aliphatic rings. The van der Waals surface area contributed by atoms with Crippen molar-refractivity contribution >= 4 is 71.5 Å². The molecular weight excluding hydrogens is 905 g/mol. The summed E-state index contributed by atoms with van der Waals surface area (Å²) in [5.74, 6) is -0.973. The van der Waals surface area contributed by atoms with Gasteiger partial charge in [0.15, 0.2) is 41.6 Å². The Kier molecular flexibility index (Phi) is 13.1. The fraction of sp³-hybridized carbons (Fsp3) is 0.667. The molecule has 28 heteroatoms. The maximum absolute atomic E-state index is 16.5. The van der Waals surface area contributed by atoms with Gasteiger partial charge in [-0.2, -0.15) is 0 Å². The smallest absolute Gasteiger partial charge is 0.414 e. The molecule has 10 atom stereocenters. The van der Waals surface area contributed by atoms with E-state index < -0.39 is 111 Å². The summed E-state index contributed by atoms with van der Waals surface area (Å²) in [5.41, 5.74) is 3.80. The van der Waals surface area contributed by atoms with Gasteiger partial charge in [0.2, 0.25) is 0 Å². The molecular formula is C33H50F2N8O13P2SSi2. The molecule has 0 saturated carbocycles. The molecule has 0 amide bonds. The van der Waals surface area contributed by atoms with E-state index in [-0.39, 0.29) is 44.8 Å². The van der Waals surface area contributed by atoms with Crippen LogP contribution in [-0.2, 0) is 52.5 Å². The number of phosphoric ester groups is 1. The highest BCUT2D eigenvalue weighted by Crippen LogP contribution is 2.56. The Morgan fingerprint density at radius 1 is 0.918 bits per heavy atom. The fourth-order valence-electron chi connectivity index (χ4n) is 8.07. The van der Waals surface area contributed by atoms with Gasteiger partial charge in [-0.05, 0) is 34.0 Å². The molecule has 0 radical (unpaired) electrons. The van der Waals surface area contributed by atoms with Gasteiger partial charge in [-0.3, -0.25) is 22.9 Å². The summed E-state index contributed by atoms with van der Waals surface area (Å²) in [7, 11) is -12.6. The van der Waals surface area contributed by atoms with Crippen molar-refractivity contribution < 1.29 is 64.0 Å². The first kappa shape index (κ1) is 46.5. The Labute approximate surface area is 355 Å². The van der Waals surface area contributed by atoms with E-state index in [4.69, 9.17) is 53.7 Å². The van der Waals surface area contributed by atoms with Gasteiger partial charge < -0.3 is 52.4 Å².